The average Bonchev–Trinajstić information content (AvgIpc) is 3.45. The molecule has 1 atom stereocenters. The highest BCUT2D eigenvalue weighted by molar-refractivity contribution is 7.17. The fourth-order valence-electron chi connectivity index (χ4n) is 4.28. The quantitative estimate of drug-likeness (QED) is 0.567. The topological polar surface area (TPSA) is 48.5 Å². The van der Waals surface area contributed by atoms with Crippen molar-refractivity contribution >= 4 is 52.8 Å². The highest BCUT2D eigenvalue weighted by atomic mass is 35.5. The summed E-state index contributed by atoms with van der Waals surface area (Å²) in [6.45, 7) is 4.64. The van der Waals surface area contributed by atoms with E-state index in [1.54, 1.807) is 11.3 Å². The number of carbonyl (C=O) groups is 1. The number of anilines is 2. The molecule has 4 heterocycles. The number of hydrogen-bond acceptors (Lipinski definition) is 5. The summed E-state index contributed by atoms with van der Waals surface area (Å²) in [6.07, 6.45) is 2.96. The van der Waals surface area contributed by atoms with Crippen molar-refractivity contribution < 1.29 is 4.79 Å². The van der Waals surface area contributed by atoms with Crippen LogP contribution in [0.25, 0.3) is 10.4 Å². The van der Waals surface area contributed by atoms with E-state index in [1.165, 1.54) is 0 Å². The van der Waals surface area contributed by atoms with Crippen LogP contribution in [0.1, 0.15) is 27.2 Å². The van der Waals surface area contributed by atoms with Gasteiger partial charge in [0.05, 0.1) is 23.3 Å². The zero-order valence-electron chi connectivity index (χ0n) is 17.4. The van der Waals surface area contributed by atoms with Gasteiger partial charge >= 0.3 is 0 Å². The number of aromatic nitrogens is 1. The third kappa shape index (κ3) is 4.05. The minimum absolute atomic E-state index is 0. The normalized spacial score (nSPS) is 17.8. The predicted octanol–water partition coefficient (Wildman–Crippen LogP) is 5.15. The molecule has 0 bridgehead atoms. The second-order valence-corrected chi connectivity index (χ2v) is 9.41. The maximum atomic E-state index is 13.1. The maximum Gasteiger partial charge on any atom is 0.269 e. The molecule has 2 aliphatic rings. The first-order valence-electron chi connectivity index (χ1n) is 10.1. The van der Waals surface area contributed by atoms with E-state index in [1.807, 2.05) is 42.4 Å². The van der Waals surface area contributed by atoms with Gasteiger partial charge in [0.25, 0.3) is 5.91 Å². The lowest BCUT2D eigenvalue weighted by molar-refractivity contribution is 0.1000. The number of amides is 1. The lowest BCUT2D eigenvalue weighted by Gasteiger charge is -2.22. The third-order valence-corrected chi connectivity index (χ3v) is 7.42. The summed E-state index contributed by atoms with van der Waals surface area (Å²) >= 11 is 7.54. The van der Waals surface area contributed by atoms with Crippen LogP contribution in [-0.4, -0.2) is 37.1 Å². The first-order chi connectivity index (χ1) is 14.5. The second-order valence-electron chi connectivity index (χ2n) is 7.92. The molecule has 31 heavy (non-hydrogen) atoms. The third-order valence-electron chi connectivity index (χ3n) is 5.95. The Morgan fingerprint density at radius 2 is 2.00 bits per heavy atom. The van der Waals surface area contributed by atoms with Crippen molar-refractivity contribution in [3.63, 3.8) is 0 Å². The van der Waals surface area contributed by atoms with E-state index in [9.17, 15) is 4.79 Å². The number of likely N-dealkylation sites (N-methyl/N-ethyl adjacent to an activating group) is 1. The van der Waals surface area contributed by atoms with Gasteiger partial charge in [-0.05, 0) is 61.3 Å². The van der Waals surface area contributed by atoms with Crippen LogP contribution in [0.3, 0.4) is 0 Å². The van der Waals surface area contributed by atoms with Gasteiger partial charge in [-0.15, -0.1) is 23.7 Å². The molecule has 1 fully saturated rings. The van der Waals surface area contributed by atoms with Crippen molar-refractivity contribution in [1.29, 1.82) is 0 Å². The molecule has 1 saturated heterocycles. The van der Waals surface area contributed by atoms with Crippen LogP contribution >= 0.6 is 35.3 Å². The minimum atomic E-state index is 0. The van der Waals surface area contributed by atoms with E-state index in [2.05, 4.69) is 29.3 Å². The molecule has 0 spiro atoms. The number of benzene rings is 1. The van der Waals surface area contributed by atoms with Crippen molar-refractivity contribution in [2.75, 3.05) is 29.9 Å². The molecule has 3 aromatic rings. The van der Waals surface area contributed by atoms with Gasteiger partial charge in [-0.2, -0.15) is 0 Å². The van der Waals surface area contributed by atoms with Crippen molar-refractivity contribution in [2.45, 2.75) is 25.9 Å². The van der Waals surface area contributed by atoms with Gasteiger partial charge < -0.3 is 15.1 Å². The Labute approximate surface area is 197 Å². The summed E-state index contributed by atoms with van der Waals surface area (Å²) in [5, 5.41) is 4.06. The molecule has 162 valence electrons. The summed E-state index contributed by atoms with van der Waals surface area (Å²) in [5.41, 5.74) is 4.13. The summed E-state index contributed by atoms with van der Waals surface area (Å²) in [4.78, 5) is 23.9. The molecule has 0 aliphatic carbocycles. The van der Waals surface area contributed by atoms with Crippen LogP contribution < -0.4 is 15.1 Å². The number of halogens is 2. The summed E-state index contributed by atoms with van der Waals surface area (Å²) in [6, 6.07) is 12.5. The largest absolute Gasteiger partial charge is 0.355 e. The smallest absolute Gasteiger partial charge is 0.269 e. The van der Waals surface area contributed by atoms with Gasteiger partial charge in [0, 0.05) is 29.0 Å². The number of nitrogens with one attached hydrogen (secondary N) is 1. The number of carbonyl (C=O) groups excluding carboxylic acids is 1. The molecule has 8 heteroatoms. The average molecular weight is 475 g/mol. The summed E-state index contributed by atoms with van der Waals surface area (Å²) in [7, 11) is 2.01. The molecule has 5 rings (SSSR count). The molecule has 1 amide bonds. The van der Waals surface area contributed by atoms with Crippen LogP contribution in [0.4, 0.5) is 11.5 Å². The summed E-state index contributed by atoms with van der Waals surface area (Å²) in [5.74, 6) is 1.07. The van der Waals surface area contributed by atoms with Gasteiger partial charge in [0.15, 0.2) is 0 Å². The summed E-state index contributed by atoms with van der Waals surface area (Å²) < 4.78 is 0. The Morgan fingerprint density at radius 1 is 1.23 bits per heavy atom. The molecule has 5 nitrogen and oxygen atoms in total. The number of aryl methyl sites for hydroxylation is 1. The highest BCUT2D eigenvalue weighted by Crippen LogP contribution is 2.39. The molecule has 0 unspecified atom stereocenters. The standard InChI is InChI=1S/C23H23ClN4OS.ClH/c1-14-9-19(11-26-22(14)27-8-7-18(13-27)25-2)28-12-16-10-20(30-21(16)23(28)29)15-3-5-17(24)6-4-15;/h3-6,9-11,18,25H,7-8,12-13H2,1-2H3;1H/t18-;/m0./s1. The molecule has 2 aromatic heterocycles. The zero-order valence-corrected chi connectivity index (χ0v) is 19.8. The number of fused-ring (bicyclic) bond motifs is 1. The molecular weight excluding hydrogens is 451 g/mol. The fourth-order valence-corrected chi connectivity index (χ4v) is 5.53. The van der Waals surface area contributed by atoms with E-state index in [-0.39, 0.29) is 18.3 Å². The SMILES string of the molecule is CN[C@H]1CCN(c2ncc(N3Cc4cc(-c5ccc(Cl)cc5)sc4C3=O)cc2C)C1.Cl. The molecule has 1 aromatic carbocycles. The van der Waals surface area contributed by atoms with Gasteiger partial charge in [0.1, 0.15) is 5.82 Å². The van der Waals surface area contributed by atoms with Gasteiger partial charge in [0.2, 0.25) is 0 Å². The van der Waals surface area contributed by atoms with Gasteiger partial charge in [-0.3, -0.25) is 4.79 Å². The van der Waals surface area contributed by atoms with Gasteiger partial charge in [-0.1, -0.05) is 23.7 Å². The van der Waals surface area contributed by atoms with Crippen molar-refractivity contribution in [2.24, 2.45) is 0 Å². The lowest BCUT2D eigenvalue weighted by Crippen LogP contribution is -2.30. The van der Waals surface area contributed by atoms with Crippen molar-refractivity contribution in [1.82, 2.24) is 10.3 Å². The van der Waals surface area contributed by atoms with Crippen LogP contribution in [0.5, 0.6) is 0 Å². The van der Waals surface area contributed by atoms with Crippen LogP contribution in [-0.2, 0) is 6.54 Å². The molecule has 0 saturated carbocycles. The fraction of sp³-hybridized carbons (Fsp3) is 0.304. The Hall–Kier alpha value is -2.12. The Kier molecular flexibility index (Phi) is 6.26. The van der Waals surface area contributed by atoms with Crippen LogP contribution in [0, 0.1) is 6.92 Å². The molecule has 1 N–H and O–H groups in total. The first kappa shape index (κ1) is 22.1. The molecule has 0 radical (unpaired) electrons. The van der Waals surface area contributed by atoms with E-state index in [0.29, 0.717) is 17.6 Å². The molecular formula is C23H24Cl2N4OS. The Bertz CT molecular complexity index is 1120. The van der Waals surface area contributed by atoms with Crippen molar-refractivity contribution in [3.8, 4) is 10.4 Å². The predicted molar refractivity (Wildman–Crippen MR) is 131 cm³/mol. The van der Waals surface area contributed by atoms with E-state index >= 15 is 0 Å². The monoisotopic (exact) mass is 474 g/mol. The lowest BCUT2D eigenvalue weighted by atomic mass is 10.1. The number of pyridine rings is 1. The number of thiophene rings is 1. The van der Waals surface area contributed by atoms with Crippen LogP contribution in [0.2, 0.25) is 5.02 Å². The van der Waals surface area contributed by atoms with Crippen molar-refractivity contribution in [3.05, 3.63) is 63.6 Å². The second kappa shape index (κ2) is 8.79. The number of rotatable bonds is 4. The van der Waals surface area contributed by atoms with E-state index in [0.717, 1.165) is 57.5 Å². The number of nitrogens with zero attached hydrogens (tertiary/aromatic N) is 3. The Balaban J connectivity index is 0.00000231. The Morgan fingerprint density at radius 3 is 2.65 bits per heavy atom. The van der Waals surface area contributed by atoms with E-state index < -0.39 is 0 Å². The highest BCUT2D eigenvalue weighted by Gasteiger charge is 2.32. The molecule has 2 aliphatic heterocycles. The minimum Gasteiger partial charge on any atom is -0.355 e. The first-order valence-corrected chi connectivity index (χ1v) is 11.3. The van der Waals surface area contributed by atoms with E-state index in [4.69, 9.17) is 16.6 Å². The van der Waals surface area contributed by atoms with Gasteiger partial charge in [-0.25, -0.2) is 4.98 Å². The number of hydrogen-bond donors (Lipinski definition) is 1. The van der Waals surface area contributed by atoms with Crippen LogP contribution in [0.15, 0.2) is 42.6 Å². The maximum absolute atomic E-state index is 13.1. The zero-order chi connectivity index (χ0) is 20.8.